The Morgan fingerprint density at radius 1 is 1.23 bits per heavy atom. The van der Waals surface area contributed by atoms with Gasteiger partial charge in [-0.1, -0.05) is 0 Å². The maximum Gasteiger partial charge on any atom is 0.216 e. The molecule has 8 heteroatoms. The van der Waals surface area contributed by atoms with E-state index in [0.29, 0.717) is 12.4 Å². The van der Waals surface area contributed by atoms with E-state index in [0.717, 1.165) is 36.1 Å². The molecular weight excluding hydrogens is 443 g/mol. The second-order valence-corrected chi connectivity index (χ2v) is 6.47. The van der Waals surface area contributed by atoms with Crippen LogP contribution in [0.4, 0.5) is 0 Å². The molecule has 0 aromatic carbocycles. The van der Waals surface area contributed by atoms with E-state index in [-0.39, 0.29) is 30.0 Å². The van der Waals surface area contributed by atoms with Crippen molar-refractivity contribution in [1.29, 1.82) is 0 Å². The number of hydrogen-bond donors (Lipinski definition) is 2. The van der Waals surface area contributed by atoms with Crippen molar-refractivity contribution in [2.24, 2.45) is 12.0 Å². The molecule has 0 spiro atoms. The Bertz CT molecular complexity index is 730. The molecule has 0 aliphatic rings. The van der Waals surface area contributed by atoms with Crippen molar-refractivity contribution in [3.63, 3.8) is 0 Å². The molecule has 2 rings (SSSR count). The van der Waals surface area contributed by atoms with Gasteiger partial charge >= 0.3 is 0 Å². The van der Waals surface area contributed by atoms with Gasteiger partial charge in [0.2, 0.25) is 5.89 Å². The van der Waals surface area contributed by atoms with Crippen LogP contribution in [0, 0.1) is 27.7 Å². The summed E-state index contributed by atoms with van der Waals surface area (Å²) in [5, 5.41) is 11.2. The largest absolute Gasteiger partial charge is 0.444 e. The summed E-state index contributed by atoms with van der Waals surface area (Å²) in [6.07, 6.45) is 0.896. The molecule has 0 amide bonds. The zero-order valence-electron chi connectivity index (χ0n) is 16.8. The van der Waals surface area contributed by atoms with E-state index < -0.39 is 0 Å². The second kappa shape index (κ2) is 9.94. The summed E-state index contributed by atoms with van der Waals surface area (Å²) in [7, 11) is 1.98. The van der Waals surface area contributed by atoms with Crippen molar-refractivity contribution in [1.82, 2.24) is 25.4 Å². The molecule has 0 bridgehead atoms. The number of guanidine groups is 1. The molecule has 2 aromatic heterocycles. The van der Waals surface area contributed by atoms with E-state index in [1.165, 1.54) is 11.3 Å². The van der Waals surface area contributed by atoms with Crippen molar-refractivity contribution in [2.45, 2.75) is 60.5 Å². The smallest absolute Gasteiger partial charge is 0.216 e. The lowest BCUT2D eigenvalue weighted by Crippen LogP contribution is -2.43. The molecular formula is C18H31IN6O. The molecule has 1 unspecified atom stereocenters. The third-order valence-corrected chi connectivity index (χ3v) is 4.34. The first-order valence-corrected chi connectivity index (χ1v) is 8.78. The van der Waals surface area contributed by atoms with Gasteiger partial charge in [-0.2, -0.15) is 5.10 Å². The highest BCUT2D eigenvalue weighted by molar-refractivity contribution is 14.0. The van der Waals surface area contributed by atoms with Crippen molar-refractivity contribution >= 4 is 29.9 Å². The molecule has 2 aromatic rings. The number of aliphatic imine (C=N–C) groups is 1. The van der Waals surface area contributed by atoms with Gasteiger partial charge in [0, 0.05) is 25.3 Å². The SMILES string of the molecule is CCNC(=NCc1nc(C)c(C)o1)NC(C)Cc1c(C)nn(C)c1C.I. The van der Waals surface area contributed by atoms with E-state index >= 15 is 0 Å². The lowest BCUT2D eigenvalue weighted by molar-refractivity contribution is 0.472. The predicted octanol–water partition coefficient (Wildman–Crippen LogP) is 2.95. The standard InChI is InChI=1S/C18H30N6O.HI/c1-8-19-18(20-10-17-22-12(3)15(6)25-17)21-11(2)9-16-13(4)23-24(7)14(16)5;/h11H,8-10H2,1-7H3,(H2,19,20,21);1H. The highest BCUT2D eigenvalue weighted by Crippen LogP contribution is 2.14. The zero-order valence-corrected chi connectivity index (χ0v) is 19.1. The average Bonchev–Trinajstić information content (AvgIpc) is 2.98. The van der Waals surface area contributed by atoms with E-state index in [9.17, 15) is 0 Å². The number of nitrogens with one attached hydrogen (secondary N) is 2. The first-order chi connectivity index (χ1) is 11.8. The fraction of sp³-hybridized carbons (Fsp3) is 0.611. The van der Waals surface area contributed by atoms with Gasteiger partial charge < -0.3 is 15.1 Å². The van der Waals surface area contributed by atoms with Gasteiger partial charge in [-0.05, 0) is 53.5 Å². The van der Waals surface area contributed by atoms with Crippen LogP contribution in [0.25, 0.3) is 0 Å². The van der Waals surface area contributed by atoms with Crippen LogP contribution in [0.2, 0.25) is 0 Å². The average molecular weight is 474 g/mol. The Labute approximate surface area is 173 Å². The Kier molecular flexibility index (Phi) is 8.58. The lowest BCUT2D eigenvalue weighted by atomic mass is 10.1. The lowest BCUT2D eigenvalue weighted by Gasteiger charge is -2.18. The summed E-state index contributed by atoms with van der Waals surface area (Å²) < 4.78 is 7.53. The van der Waals surface area contributed by atoms with Crippen LogP contribution in [0.3, 0.4) is 0 Å². The van der Waals surface area contributed by atoms with Gasteiger partial charge in [0.1, 0.15) is 12.3 Å². The molecule has 0 aliphatic heterocycles. The molecule has 146 valence electrons. The number of hydrogen-bond acceptors (Lipinski definition) is 4. The second-order valence-electron chi connectivity index (χ2n) is 6.47. The van der Waals surface area contributed by atoms with Gasteiger partial charge in [0.15, 0.2) is 5.96 Å². The van der Waals surface area contributed by atoms with Crippen LogP contribution in [-0.4, -0.2) is 33.3 Å². The number of halogens is 1. The van der Waals surface area contributed by atoms with E-state index in [1.54, 1.807) is 0 Å². The number of rotatable bonds is 6. The van der Waals surface area contributed by atoms with Crippen LogP contribution in [0.5, 0.6) is 0 Å². The quantitative estimate of drug-likeness (QED) is 0.383. The van der Waals surface area contributed by atoms with Crippen molar-refractivity contribution in [2.75, 3.05) is 6.54 Å². The molecule has 26 heavy (non-hydrogen) atoms. The molecule has 0 fully saturated rings. The van der Waals surface area contributed by atoms with Gasteiger partial charge in [-0.15, -0.1) is 24.0 Å². The van der Waals surface area contributed by atoms with Crippen LogP contribution < -0.4 is 10.6 Å². The fourth-order valence-corrected chi connectivity index (χ4v) is 2.78. The Hall–Kier alpha value is -1.58. The molecule has 0 aliphatic carbocycles. The summed E-state index contributed by atoms with van der Waals surface area (Å²) in [5.74, 6) is 2.25. The first kappa shape index (κ1) is 22.5. The topological polar surface area (TPSA) is 80.3 Å². The Balaban J connectivity index is 0.00000338. The number of oxazole rings is 1. The number of aryl methyl sites for hydroxylation is 4. The summed E-state index contributed by atoms with van der Waals surface area (Å²) in [6, 6.07) is 0.229. The fourth-order valence-electron chi connectivity index (χ4n) is 2.78. The van der Waals surface area contributed by atoms with Crippen LogP contribution >= 0.6 is 24.0 Å². The molecule has 2 N–H and O–H groups in total. The van der Waals surface area contributed by atoms with Crippen molar-refractivity contribution in [3.05, 3.63) is 34.3 Å². The van der Waals surface area contributed by atoms with Crippen LogP contribution in [0.1, 0.15) is 48.1 Å². The van der Waals surface area contributed by atoms with Gasteiger partial charge in [-0.3, -0.25) is 4.68 Å². The summed E-state index contributed by atoms with van der Waals surface area (Å²) in [5.41, 5.74) is 4.50. The molecule has 0 saturated carbocycles. The van der Waals surface area contributed by atoms with E-state index in [1.807, 2.05) is 25.6 Å². The highest BCUT2D eigenvalue weighted by Gasteiger charge is 2.14. The third-order valence-electron chi connectivity index (χ3n) is 4.34. The normalized spacial score (nSPS) is 12.7. The minimum absolute atomic E-state index is 0. The number of aromatic nitrogens is 3. The minimum Gasteiger partial charge on any atom is -0.444 e. The molecule has 0 radical (unpaired) electrons. The number of nitrogens with zero attached hydrogens (tertiary/aromatic N) is 4. The summed E-state index contributed by atoms with van der Waals surface area (Å²) >= 11 is 0. The molecule has 2 heterocycles. The van der Waals surface area contributed by atoms with Crippen molar-refractivity contribution in [3.8, 4) is 0 Å². The maximum atomic E-state index is 5.59. The molecule has 0 saturated heterocycles. The van der Waals surface area contributed by atoms with Gasteiger partial charge in [-0.25, -0.2) is 9.98 Å². The zero-order chi connectivity index (χ0) is 18.6. The van der Waals surface area contributed by atoms with Crippen molar-refractivity contribution < 1.29 is 4.42 Å². The van der Waals surface area contributed by atoms with Gasteiger partial charge in [0.25, 0.3) is 0 Å². The minimum atomic E-state index is 0. The Morgan fingerprint density at radius 2 is 1.92 bits per heavy atom. The van der Waals surface area contributed by atoms with Crippen LogP contribution in [0.15, 0.2) is 9.41 Å². The first-order valence-electron chi connectivity index (χ1n) is 8.78. The van der Waals surface area contributed by atoms with Crippen LogP contribution in [-0.2, 0) is 20.0 Å². The maximum absolute atomic E-state index is 5.59. The monoisotopic (exact) mass is 474 g/mol. The predicted molar refractivity (Wildman–Crippen MR) is 115 cm³/mol. The van der Waals surface area contributed by atoms with E-state index in [4.69, 9.17) is 4.42 Å². The summed E-state index contributed by atoms with van der Waals surface area (Å²) in [4.78, 5) is 8.96. The Morgan fingerprint density at radius 3 is 2.42 bits per heavy atom. The summed E-state index contributed by atoms with van der Waals surface area (Å²) in [6.45, 7) is 13.4. The molecule has 1 atom stereocenters. The molecule has 7 nitrogen and oxygen atoms in total. The van der Waals surface area contributed by atoms with E-state index in [2.05, 4.69) is 53.4 Å². The van der Waals surface area contributed by atoms with Gasteiger partial charge in [0.05, 0.1) is 11.4 Å². The third kappa shape index (κ3) is 5.72. The highest BCUT2D eigenvalue weighted by atomic mass is 127.